The van der Waals surface area contributed by atoms with Gasteiger partial charge in [0.1, 0.15) is 5.60 Å². The van der Waals surface area contributed by atoms with Crippen LogP contribution in [-0.4, -0.2) is 51.3 Å². The molecule has 0 aliphatic rings. The lowest BCUT2D eigenvalue weighted by Crippen LogP contribution is -2.41. The van der Waals surface area contributed by atoms with E-state index in [0.29, 0.717) is 0 Å². The number of esters is 2. The van der Waals surface area contributed by atoms with E-state index in [-0.39, 0.29) is 18.9 Å². The highest BCUT2D eigenvalue weighted by Crippen LogP contribution is 2.30. The van der Waals surface area contributed by atoms with E-state index in [9.17, 15) is 14.7 Å². The molecule has 0 heterocycles. The minimum absolute atomic E-state index is 0.0367. The standard InChI is InChI=1S/C19H30O6Si/c1-15(2)25-26(7,8)14-10-13-19(16(20)23-5,17(21)24-6)12-9-11-18(3,4)22/h15,22H,12-13H2,1-8H3. The van der Waals surface area contributed by atoms with E-state index < -0.39 is 31.3 Å². The van der Waals surface area contributed by atoms with Gasteiger partial charge in [0.05, 0.1) is 14.2 Å². The molecule has 0 radical (unpaired) electrons. The minimum atomic E-state index is -2.26. The molecule has 0 saturated heterocycles. The van der Waals surface area contributed by atoms with Crippen molar-refractivity contribution in [1.29, 1.82) is 0 Å². The molecule has 0 aromatic heterocycles. The third-order valence-electron chi connectivity index (χ3n) is 3.25. The lowest BCUT2D eigenvalue weighted by Gasteiger charge is -2.24. The normalized spacial score (nSPS) is 11.8. The van der Waals surface area contributed by atoms with Crippen LogP contribution in [0.3, 0.4) is 0 Å². The number of aliphatic hydroxyl groups is 1. The molecule has 0 rings (SSSR count). The van der Waals surface area contributed by atoms with Gasteiger partial charge >= 0.3 is 11.9 Å². The van der Waals surface area contributed by atoms with Gasteiger partial charge in [-0.05, 0) is 40.8 Å². The van der Waals surface area contributed by atoms with Crippen LogP contribution in [0.25, 0.3) is 0 Å². The average Bonchev–Trinajstić information content (AvgIpc) is 2.49. The van der Waals surface area contributed by atoms with Crippen LogP contribution in [0.5, 0.6) is 0 Å². The van der Waals surface area contributed by atoms with Crippen molar-refractivity contribution in [2.75, 3.05) is 14.2 Å². The molecule has 0 aliphatic carbocycles. The summed E-state index contributed by atoms with van der Waals surface area (Å²) in [7, 11) is 0.125. The van der Waals surface area contributed by atoms with Crippen LogP contribution >= 0.6 is 0 Å². The predicted molar refractivity (Wildman–Crippen MR) is 101 cm³/mol. The van der Waals surface area contributed by atoms with Crippen molar-refractivity contribution < 1.29 is 28.6 Å². The fraction of sp³-hybridized carbons (Fsp3) is 0.684. The third-order valence-corrected chi connectivity index (χ3v) is 5.09. The second-order valence-corrected chi connectivity index (χ2v) is 10.8. The van der Waals surface area contributed by atoms with Crippen LogP contribution in [0.15, 0.2) is 0 Å². The summed E-state index contributed by atoms with van der Waals surface area (Å²) in [5, 5.41) is 9.73. The van der Waals surface area contributed by atoms with Gasteiger partial charge in [-0.1, -0.05) is 17.4 Å². The number of carbonyl (C=O) groups is 2. The van der Waals surface area contributed by atoms with E-state index in [2.05, 4.69) is 23.3 Å². The summed E-state index contributed by atoms with van der Waals surface area (Å²) in [4.78, 5) is 24.8. The molecule has 146 valence electrons. The van der Waals surface area contributed by atoms with Crippen molar-refractivity contribution in [1.82, 2.24) is 0 Å². The van der Waals surface area contributed by atoms with Crippen molar-refractivity contribution in [2.24, 2.45) is 5.41 Å². The smallest absolute Gasteiger partial charge is 0.325 e. The van der Waals surface area contributed by atoms with Gasteiger partial charge < -0.3 is 19.0 Å². The van der Waals surface area contributed by atoms with E-state index >= 15 is 0 Å². The number of methoxy groups -OCH3 is 2. The van der Waals surface area contributed by atoms with Crippen molar-refractivity contribution in [2.45, 2.75) is 65.3 Å². The molecule has 1 N–H and O–H groups in total. The Hall–Kier alpha value is -1.80. The Morgan fingerprint density at radius 2 is 1.50 bits per heavy atom. The van der Waals surface area contributed by atoms with Gasteiger partial charge in [-0.3, -0.25) is 9.59 Å². The van der Waals surface area contributed by atoms with Gasteiger partial charge in [-0.2, -0.15) is 0 Å². The summed E-state index contributed by atoms with van der Waals surface area (Å²) in [5.41, 5.74) is 0.148. The summed E-state index contributed by atoms with van der Waals surface area (Å²) in [6, 6.07) is 0. The Morgan fingerprint density at radius 3 is 1.88 bits per heavy atom. The Bertz CT molecular complexity index is 606. The quantitative estimate of drug-likeness (QED) is 0.328. The first-order valence-corrected chi connectivity index (χ1v) is 11.3. The van der Waals surface area contributed by atoms with E-state index in [1.807, 2.05) is 26.9 Å². The second-order valence-electron chi connectivity index (χ2n) is 7.26. The van der Waals surface area contributed by atoms with E-state index in [1.54, 1.807) is 0 Å². The lowest BCUT2D eigenvalue weighted by molar-refractivity contribution is -0.168. The molecular weight excluding hydrogens is 352 g/mol. The van der Waals surface area contributed by atoms with Crippen LogP contribution < -0.4 is 0 Å². The molecule has 0 atom stereocenters. The molecule has 26 heavy (non-hydrogen) atoms. The molecule has 0 amide bonds. The molecular formula is C19H30O6Si. The van der Waals surface area contributed by atoms with Gasteiger partial charge in [-0.25, -0.2) is 0 Å². The molecule has 0 aromatic rings. The van der Waals surface area contributed by atoms with Gasteiger partial charge in [0.2, 0.25) is 0 Å². The number of hydrogen-bond donors (Lipinski definition) is 1. The summed E-state index contributed by atoms with van der Waals surface area (Å²) in [6.45, 7) is 10.7. The molecule has 0 spiro atoms. The lowest BCUT2D eigenvalue weighted by atomic mass is 9.81. The highest BCUT2D eigenvalue weighted by molar-refractivity contribution is 6.79. The Kier molecular flexibility index (Phi) is 9.10. The zero-order valence-electron chi connectivity index (χ0n) is 17.0. The summed E-state index contributed by atoms with van der Waals surface area (Å²) >= 11 is 0. The van der Waals surface area contributed by atoms with Crippen LogP contribution in [0.1, 0.15) is 40.5 Å². The van der Waals surface area contributed by atoms with Crippen LogP contribution in [-0.2, 0) is 23.5 Å². The number of carbonyl (C=O) groups excluding carboxylic acids is 2. The highest BCUT2D eigenvalue weighted by Gasteiger charge is 2.47. The monoisotopic (exact) mass is 382 g/mol. The van der Waals surface area contributed by atoms with E-state index in [4.69, 9.17) is 13.9 Å². The van der Waals surface area contributed by atoms with Crippen molar-refractivity contribution in [3.05, 3.63) is 0 Å². The minimum Gasteiger partial charge on any atom is -0.468 e. The predicted octanol–water partition coefficient (Wildman–Crippen LogP) is 2.05. The van der Waals surface area contributed by atoms with Gasteiger partial charge in [0.15, 0.2) is 5.41 Å². The molecule has 0 aliphatic heterocycles. The largest absolute Gasteiger partial charge is 0.468 e. The summed E-state index contributed by atoms with van der Waals surface area (Å²) < 4.78 is 15.4. The maximum atomic E-state index is 12.4. The maximum absolute atomic E-state index is 12.4. The highest BCUT2D eigenvalue weighted by atomic mass is 28.4. The van der Waals surface area contributed by atoms with Crippen LogP contribution in [0.2, 0.25) is 13.1 Å². The van der Waals surface area contributed by atoms with Gasteiger partial charge in [0, 0.05) is 18.9 Å². The molecule has 0 unspecified atom stereocenters. The molecule has 0 aromatic carbocycles. The van der Waals surface area contributed by atoms with Crippen molar-refractivity contribution >= 4 is 20.3 Å². The first-order valence-electron chi connectivity index (χ1n) is 8.37. The zero-order valence-corrected chi connectivity index (χ0v) is 18.0. The first kappa shape index (κ1) is 24.2. The Labute approximate surface area is 157 Å². The molecule has 0 fully saturated rings. The van der Waals surface area contributed by atoms with Gasteiger partial charge in [0.25, 0.3) is 8.32 Å². The van der Waals surface area contributed by atoms with Crippen molar-refractivity contribution in [3.8, 4) is 23.3 Å². The third kappa shape index (κ3) is 8.05. The topological polar surface area (TPSA) is 82.1 Å². The maximum Gasteiger partial charge on any atom is 0.325 e. The number of hydrogen-bond acceptors (Lipinski definition) is 6. The average molecular weight is 383 g/mol. The number of ether oxygens (including phenoxy) is 2. The SMILES string of the molecule is COC(=O)C(CC#CC(C)(C)O)(CC#C[Si](C)(C)OC(C)C)C(=O)OC. The molecule has 7 heteroatoms. The van der Waals surface area contributed by atoms with Gasteiger partial charge in [-0.15, -0.1) is 5.92 Å². The van der Waals surface area contributed by atoms with E-state index in [1.165, 1.54) is 28.1 Å². The molecule has 0 saturated carbocycles. The zero-order chi connectivity index (χ0) is 20.6. The van der Waals surface area contributed by atoms with E-state index in [0.717, 1.165) is 0 Å². The van der Waals surface area contributed by atoms with Crippen LogP contribution in [0.4, 0.5) is 0 Å². The number of rotatable bonds is 6. The summed E-state index contributed by atoms with van der Waals surface area (Å²) in [6.07, 6.45) is -0.238. The Morgan fingerprint density at radius 1 is 1.04 bits per heavy atom. The second kappa shape index (κ2) is 9.77. The first-order chi connectivity index (χ1) is 11.8. The molecule has 0 bridgehead atoms. The van der Waals surface area contributed by atoms with Crippen molar-refractivity contribution in [3.63, 3.8) is 0 Å². The Balaban J connectivity index is 5.81. The fourth-order valence-corrected chi connectivity index (χ4v) is 4.01. The fourth-order valence-electron chi connectivity index (χ4n) is 2.26. The molecule has 6 nitrogen and oxygen atoms in total. The van der Waals surface area contributed by atoms with Crippen LogP contribution in [0, 0.1) is 28.7 Å². The summed E-state index contributed by atoms with van der Waals surface area (Å²) in [5.74, 6) is 6.64.